The monoisotopic (exact) mass is 303 g/mol. The average molecular weight is 304 g/mol. The van der Waals surface area contributed by atoms with Gasteiger partial charge in [-0.2, -0.15) is 0 Å². The number of anilines is 1. The number of rotatable bonds is 4. The molecule has 0 aliphatic rings. The summed E-state index contributed by atoms with van der Waals surface area (Å²) >= 11 is 11.7. The second-order valence-electron chi connectivity index (χ2n) is 4.58. The molecule has 19 heavy (non-hydrogen) atoms. The van der Waals surface area contributed by atoms with Crippen molar-refractivity contribution in [3.8, 4) is 0 Å². The fourth-order valence-corrected chi connectivity index (χ4v) is 1.51. The van der Waals surface area contributed by atoms with E-state index < -0.39 is 17.4 Å². The first kappa shape index (κ1) is 15.8. The Morgan fingerprint density at radius 2 is 1.95 bits per heavy atom. The first-order valence-corrected chi connectivity index (χ1v) is 6.28. The molecule has 2 amide bonds. The highest BCUT2D eigenvalue weighted by Gasteiger charge is 2.22. The number of halogens is 2. The van der Waals surface area contributed by atoms with Crippen molar-refractivity contribution in [3.63, 3.8) is 0 Å². The highest BCUT2D eigenvalue weighted by atomic mass is 35.5. The summed E-state index contributed by atoms with van der Waals surface area (Å²) in [6.45, 7) is 2.91. The first-order chi connectivity index (χ1) is 8.70. The van der Waals surface area contributed by atoms with Crippen molar-refractivity contribution in [1.82, 2.24) is 5.32 Å². The number of nitrogens with two attached hydrogens (primary N) is 1. The van der Waals surface area contributed by atoms with Crippen molar-refractivity contribution in [2.75, 3.05) is 11.9 Å². The van der Waals surface area contributed by atoms with Gasteiger partial charge in [0.25, 0.3) is 0 Å². The van der Waals surface area contributed by atoms with Gasteiger partial charge in [0, 0.05) is 5.02 Å². The van der Waals surface area contributed by atoms with Crippen LogP contribution in [0.4, 0.5) is 5.69 Å². The van der Waals surface area contributed by atoms with Crippen molar-refractivity contribution in [2.24, 2.45) is 5.73 Å². The number of nitrogens with one attached hydrogen (secondary N) is 2. The fourth-order valence-electron chi connectivity index (χ4n) is 1.18. The second kappa shape index (κ2) is 6.23. The van der Waals surface area contributed by atoms with Crippen molar-refractivity contribution >= 4 is 40.7 Å². The van der Waals surface area contributed by atoms with Gasteiger partial charge < -0.3 is 16.4 Å². The number of hydrogen-bond donors (Lipinski definition) is 3. The van der Waals surface area contributed by atoms with Crippen LogP contribution >= 0.6 is 23.2 Å². The smallest absolute Gasteiger partial charge is 0.243 e. The lowest BCUT2D eigenvalue weighted by molar-refractivity contribution is -0.127. The maximum absolute atomic E-state index is 11.6. The Kier molecular flexibility index (Phi) is 5.17. The number of amides is 2. The third-order valence-corrected chi connectivity index (χ3v) is 2.76. The minimum atomic E-state index is -1.03. The molecule has 0 heterocycles. The van der Waals surface area contributed by atoms with Crippen molar-refractivity contribution < 1.29 is 9.59 Å². The van der Waals surface area contributed by atoms with E-state index in [-0.39, 0.29) is 6.54 Å². The van der Waals surface area contributed by atoms with Crippen LogP contribution in [-0.4, -0.2) is 23.9 Å². The number of benzene rings is 1. The average Bonchev–Trinajstić information content (AvgIpc) is 2.29. The van der Waals surface area contributed by atoms with Crippen LogP contribution in [0.3, 0.4) is 0 Å². The van der Waals surface area contributed by atoms with E-state index in [1.807, 2.05) is 0 Å². The zero-order valence-corrected chi connectivity index (χ0v) is 12.1. The summed E-state index contributed by atoms with van der Waals surface area (Å²) in [7, 11) is 0. The van der Waals surface area contributed by atoms with Gasteiger partial charge in [0.1, 0.15) is 0 Å². The molecule has 0 fully saturated rings. The van der Waals surface area contributed by atoms with E-state index in [9.17, 15) is 9.59 Å². The van der Waals surface area contributed by atoms with Crippen molar-refractivity contribution in [1.29, 1.82) is 0 Å². The lowest BCUT2D eigenvalue weighted by Gasteiger charge is -2.17. The molecular formula is C12H15Cl2N3O2. The molecule has 0 radical (unpaired) electrons. The summed E-state index contributed by atoms with van der Waals surface area (Å²) in [5.74, 6) is -0.832. The zero-order valence-electron chi connectivity index (χ0n) is 10.6. The van der Waals surface area contributed by atoms with Gasteiger partial charge in [0.2, 0.25) is 11.8 Å². The molecule has 0 atom stereocenters. The standard InChI is InChI=1S/C12H15Cl2N3O2/c1-12(2,15)11(19)16-6-10(18)17-9-5-7(13)3-4-8(9)14/h3-5H,6,15H2,1-2H3,(H,16,19)(H,17,18). The summed E-state index contributed by atoms with van der Waals surface area (Å²) in [6.07, 6.45) is 0. The fraction of sp³-hybridized carbons (Fsp3) is 0.333. The molecule has 1 rings (SSSR count). The quantitative estimate of drug-likeness (QED) is 0.793. The van der Waals surface area contributed by atoms with Gasteiger partial charge in [-0.05, 0) is 32.0 Å². The molecule has 0 unspecified atom stereocenters. The highest BCUT2D eigenvalue weighted by molar-refractivity contribution is 6.35. The molecular weight excluding hydrogens is 289 g/mol. The van der Waals surface area contributed by atoms with Crippen LogP contribution in [0.2, 0.25) is 10.0 Å². The third-order valence-electron chi connectivity index (χ3n) is 2.20. The number of carbonyl (C=O) groups excluding carboxylic acids is 2. The summed E-state index contributed by atoms with van der Waals surface area (Å²) < 4.78 is 0. The van der Waals surface area contributed by atoms with Crippen LogP contribution in [0.1, 0.15) is 13.8 Å². The van der Waals surface area contributed by atoms with Crippen LogP contribution in [0.25, 0.3) is 0 Å². The van der Waals surface area contributed by atoms with Gasteiger partial charge in [-0.15, -0.1) is 0 Å². The summed E-state index contributed by atoms with van der Waals surface area (Å²) in [6, 6.07) is 4.70. The molecule has 0 saturated carbocycles. The molecule has 4 N–H and O–H groups in total. The van der Waals surface area contributed by atoms with Crippen molar-refractivity contribution in [3.05, 3.63) is 28.2 Å². The van der Waals surface area contributed by atoms with Gasteiger partial charge in [-0.25, -0.2) is 0 Å². The largest absolute Gasteiger partial charge is 0.345 e. The van der Waals surface area contributed by atoms with Crippen LogP contribution < -0.4 is 16.4 Å². The van der Waals surface area contributed by atoms with E-state index in [1.165, 1.54) is 6.07 Å². The van der Waals surface area contributed by atoms with Crippen LogP contribution in [0, 0.1) is 0 Å². The van der Waals surface area contributed by atoms with E-state index in [4.69, 9.17) is 28.9 Å². The summed E-state index contributed by atoms with van der Waals surface area (Å²) in [4.78, 5) is 23.1. The molecule has 7 heteroatoms. The maximum Gasteiger partial charge on any atom is 0.243 e. The Morgan fingerprint density at radius 3 is 2.53 bits per heavy atom. The van der Waals surface area contributed by atoms with Gasteiger partial charge in [-0.1, -0.05) is 23.2 Å². The van der Waals surface area contributed by atoms with Gasteiger partial charge >= 0.3 is 0 Å². The predicted molar refractivity (Wildman–Crippen MR) is 76.4 cm³/mol. The second-order valence-corrected chi connectivity index (χ2v) is 5.42. The lowest BCUT2D eigenvalue weighted by Crippen LogP contribution is -2.50. The normalized spacial score (nSPS) is 11.0. The molecule has 0 aromatic heterocycles. The molecule has 5 nitrogen and oxygen atoms in total. The van der Waals surface area contributed by atoms with E-state index in [0.717, 1.165) is 0 Å². The van der Waals surface area contributed by atoms with E-state index in [2.05, 4.69) is 10.6 Å². The molecule has 0 spiro atoms. The Bertz CT molecular complexity index is 498. The SMILES string of the molecule is CC(C)(N)C(=O)NCC(=O)Nc1cc(Cl)ccc1Cl. The molecule has 1 aromatic rings. The van der Waals surface area contributed by atoms with Gasteiger partial charge in [0.05, 0.1) is 22.8 Å². The summed E-state index contributed by atoms with van der Waals surface area (Å²) in [5.41, 5.74) is 4.93. The van der Waals surface area contributed by atoms with E-state index in [1.54, 1.807) is 26.0 Å². The van der Waals surface area contributed by atoms with Crippen LogP contribution in [0.5, 0.6) is 0 Å². The first-order valence-electron chi connectivity index (χ1n) is 5.52. The Labute approximate surface area is 121 Å². The van der Waals surface area contributed by atoms with Crippen LogP contribution in [0.15, 0.2) is 18.2 Å². The zero-order chi connectivity index (χ0) is 14.6. The van der Waals surface area contributed by atoms with Gasteiger partial charge in [0.15, 0.2) is 0 Å². The highest BCUT2D eigenvalue weighted by Crippen LogP contribution is 2.25. The Balaban J connectivity index is 2.57. The van der Waals surface area contributed by atoms with Crippen molar-refractivity contribution in [2.45, 2.75) is 19.4 Å². The minimum absolute atomic E-state index is 0.192. The molecule has 0 aliphatic carbocycles. The lowest BCUT2D eigenvalue weighted by atomic mass is 10.1. The topological polar surface area (TPSA) is 84.2 Å². The molecule has 0 saturated heterocycles. The summed E-state index contributed by atoms with van der Waals surface area (Å²) in [5, 5.41) is 5.79. The Morgan fingerprint density at radius 1 is 1.32 bits per heavy atom. The molecule has 1 aromatic carbocycles. The third kappa shape index (κ3) is 5.06. The van der Waals surface area contributed by atoms with E-state index in [0.29, 0.717) is 15.7 Å². The molecule has 0 bridgehead atoms. The van der Waals surface area contributed by atoms with Gasteiger partial charge in [-0.3, -0.25) is 9.59 Å². The molecule has 104 valence electrons. The Hall–Kier alpha value is -1.30. The maximum atomic E-state index is 11.6. The molecule has 0 aliphatic heterocycles. The minimum Gasteiger partial charge on any atom is -0.345 e. The van der Waals surface area contributed by atoms with Crippen LogP contribution in [-0.2, 0) is 9.59 Å². The number of carbonyl (C=O) groups is 2. The number of hydrogen-bond acceptors (Lipinski definition) is 3. The predicted octanol–water partition coefficient (Wildman–Crippen LogP) is 1.79. The van der Waals surface area contributed by atoms with E-state index >= 15 is 0 Å².